The maximum Gasteiger partial charge on any atom is 0.631 e. The van der Waals surface area contributed by atoms with Crippen molar-refractivity contribution in [2.24, 2.45) is 0 Å². The van der Waals surface area contributed by atoms with Crippen molar-refractivity contribution in [2.75, 3.05) is 0 Å². The summed E-state index contributed by atoms with van der Waals surface area (Å²) in [5, 5.41) is 21.5. The van der Waals surface area contributed by atoms with Crippen molar-refractivity contribution in [1.29, 1.82) is 0 Å². The Labute approximate surface area is 104 Å². The number of carbonyl (C=O) groups is 1. The summed E-state index contributed by atoms with van der Waals surface area (Å²) in [6.07, 6.45) is 7.39. The van der Waals surface area contributed by atoms with Crippen molar-refractivity contribution < 1.29 is 19.9 Å². The summed E-state index contributed by atoms with van der Waals surface area (Å²) < 4.78 is 0. The largest absolute Gasteiger partial charge is 0.631 e. The van der Waals surface area contributed by atoms with Gasteiger partial charge in [-0.2, -0.15) is 0 Å². The van der Waals surface area contributed by atoms with Gasteiger partial charge < -0.3 is 15.1 Å². The van der Waals surface area contributed by atoms with Crippen LogP contribution in [-0.4, -0.2) is 28.2 Å². The molecule has 0 fully saturated rings. The van der Waals surface area contributed by atoms with Crippen LogP contribution in [0.2, 0.25) is 0 Å². The van der Waals surface area contributed by atoms with Crippen LogP contribution in [0.5, 0.6) is 0 Å². The molecule has 0 radical (unpaired) electrons. The van der Waals surface area contributed by atoms with Gasteiger partial charge in [0.2, 0.25) is 0 Å². The topological polar surface area (TPSA) is 77.8 Å². The maximum atomic E-state index is 11.5. The fourth-order valence-corrected chi connectivity index (χ4v) is 1.95. The van der Waals surface area contributed by atoms with E-state index in [1.165, 1.54) is 5.56 Å². The zero-order chi connectivity index (χ0) is 13.1. The van der Waals surface area contributed by atoms with Crippen LogP contribution in [0.4, 0.5) is 0 Å². The summed E-state index contributed by atoms with van der Waals surface area (Å²) in [6, 6.07) is 8.08. The van der Waals surface area contributed by atoms with Gasteiger partial charge in [-0.1, -0.05) is 36.4 Å². The summed E-state index contributed by atoms with van der Waals surface area (Å²) >= 11 is 0. The molecule has 3 N–H and O–H groups in total. The predicted molar refractivity (Wildman–Crippen MR) is 69.0 cm³/mol. The Morgan fingerprint density at radius 3 is 2.39 bits per heavy atom. The first-order valence-corrected chi connectivity index (χ1v) is 5.38. The molecule has 18 heavy (non-hydrogen) atoms. The minimum Gasteiger partial charge on any atom is -0.402 e. The molecule has 0 spiro atoms. The Morgan fingerprint density at radius 2 is 1.67 bits per heavy atom. The first kappa shape index (κ1) is 12.5. The van der Waals surface area contributed by atoms with Crippen LogP contribution in [0.15, 0.2) is 48.1 Å². The lowest BCUT2D eigenvalue weighted by molar-refractivity contribution is -0.110. The molecule has 0 aliphatic heterocycles. The van der Waals surface area contributed by atoms with Crippen molar-refractivity contribution in [3.05, 3.63) is 59.2 Å². The van der Waals surface area contributed by atoms with E-state index in [0.717, 1.165) is 16.7 Å². The van der Waals surface area contributed by atoms with E-state index in [2.05, 4.69) is 6.07 Å². The zero-order valence-corrected chi connectivity index (χ0v) is 9.45. The van der Waals surface area contributed by atoms with Crippen LogP contribution in [0.3, 0.4) is 0 Å². The van der Waals surface area contributed by atoms with Crippen LogP contribution in [0.1, 0.15) is 11.1 Å². The van der Waals surface area contributed by atoms with Gasteiger partial charge >= 0.3 is 7.32 Å². The highest BCUT2D eigenvalue weighted by Crippen LogP contribution is 2.37. The second kappa shape index (κ2) is 5.14. The first-order chi connectivity index (χ1) is 8.59. The number of fused-ring (bicyclic) bond motifs is 3. The monoisotopic (exact) mass is 242 g/mol. The molecule has 90 valence electrons. The smallest absolute Gasteiger partial charge is 0.402 e. The molecule has 0 bridgehead atoms. The second-order valence-corrected chi connectivity index (χ2v) is 3.80. The van der Waals surface area contributed by atoms with E-state index in [1.807, 2.05) is 36.4 Å². The summed E-state index contributed by atoms with van der Waals surface area (Å²) in [6.45, 7) is 0. The van der Waals surface area contributed by atoms with E-state index in [4.69, 9.17) is 15.1 Å². The lowest BCUT2D eigenvalue weighted by atomic mass is 9.96. The zero-order valence-electron chi connectivity index (χ0n) is 9.45. The van der Waals surface area contributed by atoms with Gasteiger partial charge in [0.1, 0.15) is 0 Å². The maximum absolute atomic E-state index is 11.5. The molecule has 4 nitrogen and oxygen atoms in total. The fourth-order valence-electron chi connectivity index (χ4n) is 1.95. The molecule has 1 aromatic carbocycles. The molecule has 0 aromatic heterocycles. The quantitative estimate of drug-likeness (QED) is 0.580. The van der Waals surface area contributed by atoms with Gasteiger partial charge in [-0.15, -0.1) is 0 Å². The van der Waals surface area contributed by atoms with E-state index in [9.17, 15) is 4.79 Å². The number of allylic oxidation sites excluding steroid dienone is 5. The molecule has 0 unspecified atom stereocenters. The number of carbonyl (C=O) groups excluding carboxylic acids is 1. The third-order valence-electron chi connectivity index (χ3n) is 2.62. The lowest BCUT2D eigenvalue weighted by Gasteiger charge is -2.06. The molecule has 0 atom stereocenters. The van der Waals surface area contributed by atoms with Gasteiger partial charge in [-0.05, 0) is 28.9 Å². The summed E-state index contributed by atoms with van der Waals surface area (Å²) in [5.74, 6) is 0.110. The number of hydrogen-bond acceptors (Lipinski definition) is 4. The van der Waals surface area contributed by atoms with Crippen LogP contribution in [0, 0.1) is 0 Å². The molecule has 0 heterocycles. The Balaban J connectivity index is 0.000000267. The van der Waals surface area contributed by atoms with E-state index in [-0.39, 0.29) is 5.78 Å². The molecular weight excluding hydrogens is 231 g/mol. The van der Waals surface area contributed by atoms with Crippen molar-refractivity contribution in [1.82, 2.24) is 0 Å². The van der Waals surface area contributed by atoms with Gasteiger partial charge in [0.25, 0.3) is 0 Å². The van der Waals surface area contributed by atoms with Crippen LogP contribution < -0.4 is 0 Å². The van der Waals surface area contributed by atoms with Gasteiger partial charge in [0.15, 0.2) is 5.78 Å². The van der Waals surface area contributed by atoms with Crippen molar-refractivity contribution >= 4 is 24.8 Å². The number of hydrogen-bond donors (Lipinski definition) is 3. The second-order valence-electron chi connectivity index (χ2n) is 3.80. The van der Waals surface area contributed by atoms with Gasteiger partial charge in [-0.25, -0.2) is 0 Å². The molecule has 1 aromatic rings. The highest BCUT2D eigenvalue weighted by Gasteiger charge is 2.23. The van der Waals surface area contributed by atoms with E-state index < -0.39 is 7.32 Å². The molecule has 5 heteroatoms. The fraction of sp³-hybridized carbons (Fsp3) is 0. The summed E-state index contributed by atoms with van der Waals surface area (Å²) in [5.41, 5.74) is 4.20. The summed E-state index contributed by atoms with van der Waals surface area (Å²) in [7, 11) is -2.17. The number of rotatable bonds is 0. The lowest BCUT2D eigenvalue weighted by Crippen LogP contribution is -2.07. The highest BCUT2D eigenvalue weighted by molar-refractivity contribution is 6.30. The molecule has 2 aliphatic rings. The van der Waals surface area contributed by atoms with Crippen LogP contribution in [-0.2, 0) is 4.79 Å². The number of benzene rings is 1. The third kappa shape index (κ3) is 2.48. The molecule has 3 rings (SSSR count). The molecular formula is C13H11BO4. The minimum absolute atomic E-state index is 0.110. The Hall–Kier alpha value is -1.95. The van der Waals surface area contributed by atoms with E-state index >= 15 is 0 Å². The van der Waals surface area contributed by atoms with E-state index in [1.54, 1.807) is 6.08 Å². The Morgan fingerprint density at radius 1 is 1.00 bits per heavy atom. The average Bonchev–Trinajstić information content (AvgIpc) is 2.69. The van der Waals surface area contributed by atoms with E-state index in [0.29, 0.717) is 0 Å². The van der Waals surface area contributed by atoms with Crippen molar-refractivity contribution in [3.63, 3.8) is 0 Å². The van der Waals surface area contributed by atoms with Gasteiger partial charge in [0, 0.05) is 5.57 Å². The molecule has 2 aliphatic carbocycles. The van der Waals surface area contributed by atoms with Crippen molar-refractivity contribution in [3.8, 4) is 0 Å². The standard InChI is InChI=1S/C13H8O.BH3O3/c14-13-7-3-6-11-10-5-2-1-4-9(10)8-12(11)13;2-1(3)4/h1-8H;2-4H. The third-order valence-corrected chi connectivity index (χ3v) is 2.62. The SMILES string of the molecule is O=C1C=CC=C2C1=Cc1ccccc12.OB(O)O. The Kier molecular flexibility index (Phi) is 3.57. The average molecular weight is 242 g/mol. The Bertz CT molecular complexity index is 567. The molecule has 0 saturated carbocycles. The summed E-state index contributed by atoms with van der Waals surface area (Å²) in [4.78, 5) is 11.5. The highest BCUT2D eigenvalue weighted by atomic mass is 16.5. The van der Waals surface area contributed by atoms with Gasteiger partial charge in [0.05, 0.1) is 0 Å². The van der Waals surface area contributed by atoms with Gasteiger partial charge in [-0.3, -0.25) is 4.79 Å². The van der Waals surface area contributed by atoms with Crippen LogP contribution >= 0.6 is 0 Å². The number of ketones is 1. The van der Waals surface area contributed by atoms with Crippen molar-refractivity contribution in [2.45, 2.75) is 0 Å². The molecule has 0 amide bonds. The predicted octanol–water partition coefficient (Wildman–Crippen LogP) is 0.554. The normalized spacial score (nSPS) is 14.9. The first-order valence-electron chi connectivity index (χ1n) is 5.38. The van der Waals surface area contributed by atoms with Crippen LogP contribution in [0.25, 0.3) is 11.6 Å². The molecule has 0 saturated heterocycles. The minimum atomic E-state index is -2.17.